The Morgan fingerprint density at radius 3 is 2.37 bits per heavy atom. The summed E-state index contributed by atoms with van der Waals surface area (Å²) in [7, 11) is 0. The quantitative estimate of drug-likeness (QED) is 0.814. The molecule has 3 heteroatoms. The van der Waals surface area contributed by atoms with E-state index in [-0.39, 0.29) is 0 Å². The summed E-state index contributed by atoms with van der Waals surface area (Å²) in [6.07, 6.45) is 10.1. The summed E-state index contributed by atoms with van der Waals surface area (Å²) >= 11 is 0. The molecular weight excluding hydrogens is 234 g/mol. The minimum absolute atomic E-state index is 0.886. The van der Waals surface area contributed by atoms with E-state index in [0.29, 0.717) is 0 Å². The number of nitrogens with one attached hydrogen (secondary N) is 1. The van der Waals surface area contributed by atoms with Crippen LogP contribution in [0.25, 0.3) is 0 Å². The van der Waals surface area contributed by atoms with Crippen LogP contribution in [0.4, 0.5) is 0 Å². The standard InChI is InChI=1S/C16H29N3/c1-2-9-18(8-1)15-7-10-19(12-15)16-6-3-13(16)11-17-14-4-5-14/h13-17H,1-12H2. The lowest BCUT2D eigenvalue weighted by Gasteiger charge is -2.43. The van der Waals surface area contributed by atoms with Crippen LogP contribution < -0.4 is 5.32 Å². The van der Waals surface area contributed by atoms with Crippen LogP contribution in [0.1, 0.15) is 44.9 Å². The number of nitrogens with zero attached hydrogens (tertiary/aromatic N) is 2. The first-order valence-corrected chi connectivity index (χ1v) is 8.61. The van der Waals surface area contributed by atoms with Gasteiger partial charge in [0.05, 0.1) is 0 Å². The molecular formula is C16H29N3. The number of likely N-dealkylation sites (tertiary alicyclic amines) is 2. The molecule has 3 atom stereocenters. The second kappa shape index (κ2) is 5.34. The lowest BCUT2D eigenvalue weighted by molar-refractivity contribution is 0.0748. The first-order chi connectivity index (χ1) is 9.40. The summed E-state index contributed by atoms with van der Waals surface area (Å²) in [4.78, 5) is 5.59. The van der Waals surface area contributed by atoms with Crippen molar-refractivity contribution >= 4 is 0 Å². The van der Waals surface area contributed by atoms with Gasteiger partial charge in [-0.3, -0.25) is 9.80 Å². The van der Waals surface area contributed by atoms with Gasteiger partial charge in [0.1, 0.15) is 0 Å². The van der Waals surface area contributed by atoms with Gasteiger partial charge in [-0.05, 0) is 70.5 Å². The predicted molar refractivity (Wildman–Crippen MR) is 78.3 cm³/mol. The predicted octanol–water partition coefficient (Wildman–Crippen LogP) is 1.69. The van der Waals surface area contributed by atoms with Crippen LogP contribution in [0.2, 0.25) is 0 Å². The monoisotopic (exact) mass is 263 g/mol. The number of hydrogen-bond donors (Lipinski definition) is 1. The van der Waals surface area contributed by atoms with Gasteiger partial charge < -0.3 is 5.32 Å². The minimum atomic E-state index is 0.886. The Hall–Kier alpha value is -0.120. The average Bonchev–Trinajstić information content (AvgIpc) is 2.89. The van der Waals surface area contributed by atoms with Crippen LogP contribution in [0.5, 0.6) is 0 Å². The molecule has 2 aliphatic carbocycles. The van der Waals surface area contributed by atoms with E-state index in [1.165, 1.54) is 77.7 Å². The maximum absolute atomic E-state index is 3.74. The highest BCUT2D eigenvalue weighted by molar-refractivity contribution is 4.96. The van der Waals surface area contributed by atoms with Crippen molar-refractivity contribution in [3.05, 3.63) is 0 Å². The van der Waals surface area contributed by atoms with Gasteiger partial charge >= 0.3 is 0 Å². The van der Waals surface area contributed by atoms with E-state index in [1.54, 1.807) is 0 Å². The zero-order valence-corrected chi connectivity index (χ0v) is 12.2. The van der Waals surface area contributed by atoms with Crippen molar-refractivity contribution in [1.82, 2.24) is 15.1 Å². The molecule has 4 rings (SSSR count). The van der Waals surface area contributed by atoms with Crippen LogP contribution in [0.3, 0.4) is 0 Å². The van der Waals surface area contributed by atoms with Crippen LogP contribution in [-0.4, -0.2) is 60.6 Å². The van der Waals surface area contributed by atoms with Crippen LogP contribution in [0.15, 0.2) is 0 Å². The summed E-state index contributed by atoms with van der Waals surface area (Å²) in [5.74, 6) is 0.956. The summed E-state index contributed by atoms with van der Waals surface area (Å²) in [5, 5.41) is 3.74. The van der Waals surface area contributed by atoms with Gasteiger partial charge in [-0.25, -0.2) is 0 Å². The fraction of sp³-hybridized carbons (Fsp3) is 1.00. The van der Waals surface area contributed by atoms with Gasteiger partial charge in [-0.1, -0.05) is 0 Å². The minimum Gasteiger partial charge on any atom is -0.314 e. The molecule has 2 heterocycles. The van der Waals surface area contributed by atoms with E-state index in [9.17, 15) is 0 Å². The highest BCUT2D eigenvalue weighted by Gasteiger charge is 2.40. The number of hydrogen-bond acceptors (Lipinski definition) is 3. The van der Waals surface area contributed by atoms with Crippen molar-refractivity contribution in [1.29, 1.82) is 0 Å². The van der Waals surface area contributed by atoms with Crippen LogP contribution in [-0.2, 0) is 0 Å². The molecule has 0 amide bonds. The van der Waals surface area contributed by atoms with E-state index in [4.69, 9.17) is 0 Å². The molecule has 0 spiro atoms. The van der Waals surface area contributed by atoms with Crippen molar-refractivity contribution in [3.63, 3.8) is 0 Å². The highest BCUT2D eigenvalue weighted by Crippen LogP contribution is 2.35. The Balaban J connectivity index is 1.25. The molecule has 0 bridgehead atoms. The normalized spacial score (nSPS) is 40.7. The first-order valence-electron chi connectivity index (χ1n) is 8.61. The maximum Gasteiger partial charge on any atom is 0.0235 e. The van der Waals surface area contributed by atoms with Gasteiger partial charge in [0.2, 0.25) is 0 Å². The van der Waals surface area contributed by atoms with E-state index in [0.717, 1.165) is 24.0 Å². The molecule has 0 aromatic heterocycles. The van der Waals surface area contributed by atoms with Gasteiger partial charge in [0.25, 0.3) is 0 Å². The van der Waals surface area contributed by atoms with Crippen molar-refractivity contribution in [2.45, 2.75) is 63.1 Å². The van der Waals surface area contributed by atoms with Crippen molar-refractivity contribution in [3.8, 4) is 0 Å². The summed E-state index contributed by atoms with van der Waals surface area (Å²) in [6.45, 7) is 6.77. The molecule has 0 radical (unpaired) electrons. The topological polar surface area (TPSA) is 18.5 Å². The van der Waals surface area contributed by atoms with Crippen molar-refractivity contribution in [2.24, 2.45) is 5.92 Å². The zero-order chi connectivity index (χ0) is 12.7. The van der Waals surface area contributed by atoms with Crippen LogP contribution in [0, 0.1) is 5.92 Å². The van der Waals surface area contributed by atoms with E-state index < -0.39 is 0 Å². The lowest BCUT2D eigenvalue weighted by Crippen LogP contribution is -2.50. The second-order valence-electron chi connectivity index (χ2n) is 7.27. The van der Waals surface area contributed by atoms with E-state index >= 15 is 0 Å². The third-order valence-electron chi connectivity index (χ3n) is 5.94. The fourth-order valence-electron chi connectivity index (χ4n) is 4.35. The Morgan fingerprint density at radius 2 is 1.68 bits per heavy atom. The molecule has 1 N–H and O–H groups in total. The lowest BCUT2D eigenvalue weighted by atomic mass is 9.78. The van der Waals surface area contributed by atoms with Crippen molar-refractivity contribution < 1.29 is 0 Å². The molecule has 2 aliphatic heterocycles. The molecule has 0 aromatic carbocycles. The van der Waals surface area contributed by atoms with E-state index in [2.05, 4.69) is 15.1 Å². The Labute approximate surface area is 117 Å². The first kappa shape index (κ1) is 12.6. The van der Waals surface area contributed by atoms with Gasteiger partial charge in [-0.2, -0.15) is 0 Å². The summed E-state index contributed by atoms with van der Waals surface area (Å²) < 4.78 is 0. The molecule has 19 heavy (non-hydrogen) atoms. The summed E-state index contributed by atoms with van der Waals surface area (Å²) in [6, 6.07) is 2.69. The number of rotatable bonds is 5. The largest absolute Gasteiger partial charge is 0.314 e. The molecule has 4 fully saturated rings. The molecule has 2 saturated heterocycles. The average molecular weight is 263 g/mol. The molecule has 2 saturated carbocycles. The SMILES string of the molecule is C1CCN(C2CCN(C3CCC3CNC3CC3)C2)C1. The third kappa shape index (κ3) is 2.70. The zero-order valence-electron chi connectivity index (χ0n) is 12.2. The van der Waals surface area contributed by atoms with Gasteiger partial charge in [0.15, 0.2) is 0 Å². The van der Waals surface area contributed by atoms with E-state index in [1.807, 2.05) is 0 Å². The third-order valence-corrected chi connectivity index (χ3v) is 5.94. The molecule has 0 aromatic rings. The van der Waals surface area contributed by atoms with Gasteiger partial charge in [0, 0.05) is 31.2 Å². The Kier molecular flexibility index (Phi) is 3.55. The summed E-state index contributed by atoms with van der Waals surface area (Å²) in [5.41, 5.74) is 0. The fourth-order valence-corrected chi connectivity index (χ4v) is 4.35. The highest BCUT2D eigenvalue weighted by atomic mass is 15.3. The van der Waals surface area contributed by atoms with Gasteiger partial charge in [-0.15, -0.1) is 0 Å². The molecule has 4 aliphatic rings. The maximum atomic E-state index is 3.74. The molecule has 108 valence electrons. The van der Waals surface area contributed by atoms with Crippen molar-refractivity contribution in [2.75, 3.05) is 32.7 Å². The smallest absolute Gasteiger partial charge is 0.0235 e. The molecule has 3 unspecified atom stereocenters. The Morgan fingerprint density at radius 1 is 0.842 bits per heavy atom. The Bertz CT molecular complexity index is 309. The second-order valence-corrected chi connectivity index (χ2v) is 7.27. The molecule has 3 nitrogen and oxygen atoms in total. The van der Waals surface area contributed by atoms with Crippen LogP contribution >= 0.6 is 0 Å².